The van der Waals surface area contributed by atoms with Gasteiger partial charge in [-0.05, 0) is 30.3 Å². The SMILES string of the molecule is O=Cc1ccc(Sc2cc(Cl)ccc2Cl)c(C(F)(F)F)c1. The predicted octanol–water partition coefficient (Wildman–Crippen LogP) is 5.98. The molecule has 21 heavy (non-hydrogen) atoms. The molecule has 7 heteroatoms. The molecule has 0 saturated carbocycles. The summed E-state index contributed by atoms with van der Waals surface area (Å²) in [4.78, 5) is 11.0. The second kappa shape index (κ2) is 6.30. The van der Waals surface area contributed by atoms with Crippen molar-refractivity contribution in [2.24, 2.45) is 0 Å². The Labute approximate surface area is 133 Å². The van der Waals surface area contributed by atoms with E-state index in [2.05, 4.69) is 0 Å². The van der Waals surface area contributed by atoms with Gasteiger partial charge in [-0.3, -0.25) is 4.79 Å². The molecule has 0 heterocycles. The third-order valence-corrected chi connectivity index (χ3v) is 4.37. The van der Waals surface area contributed by atoms with Gasteiger partial charge in [-0.2, -0.15) is 13.2 Å². The van der Waals surface area contributed by atoms with Crippen molar-refractivity contribution in [3.05, 3.63) is 57.6 Å². The van der Waals surface area contributed by atoms with E-state index < -0.39 is 11.7 Å². The zero-order valence-electron chi connectivity index (χ0n) is 10.2. The molecule has 0 bridgehead atoms. The van der Waals surface area contributed by atoms with Crippen molar-refractivity contribution in [2.75, 3.05) is 0 Å². The summed E-state index contributed by atoms with van der Waals surface area (Å²) in [6.45, 7) is 0. The first-order valence-electron chi connectivity index (χ1n) is 5.60. The van der Waals surface area contributed by atoms with Crippen molar-refractivity contribution in [3.63, 3.8) is 0 Å². The molecular formula is C14H7Cl2F3OS. The summed E-state index contributed by atoms with van der Waals surface area (Å²) < 4.78 is 39.2. The summed E-state index contributed by atoms with van der Waals surface area (Å²) in [6.07, 6.45) is -4.19. The smallest absolute Gasteiger partial charge is 0.298 e. The van der Waals surface area contributed by atoms with Crippen molar-refractivity contribution >= 4 is 41.2 Å². The number of aldehydes is 1. The molecule has 0 fully saturated rings. The number of rotatable bonds is 3. The average Bonchev–Trinajstić information content (AvgIpc) is 2.42. The molecule has 0 N–H and O–H groups in total. The fourth-order valence-corrected chi connectivity index (χ4v) is 3.08. The lowest BCUT2D eigenvalue weighted by Crippen LogP contribution is -2.07. The summed E-state index contributed by atoms with van der Waals surface area (Å²) in [5.41, 5.74) is -0.919. The Morgan fingerprint density at radius 1 is 1.00 bits per heavy atom. The largest absolute Gasteiger partial charge is 0.417 e. The number of benzene rings is 2. The lowest BCUT2D eigenvalue weighted by atomic mass is 10.1. The molecule has 0 aliphatic heterocycles. The van der Waals surface area contributed by atoms with Crippen LogP contribution in [0.5, 0.6) is 0 Å². The number of halogens is 5. The van der Waals surface area contributed by atoms with Crippen LogP contribution >= 0.6 is 35.0 Å². The maximum absolute atomic E-state index is 13.1. The van der Waals surface area contributed by atoms with E-state index in [1.807, 2.05) is 0 Å². The van der Waals surface area contributed by atoms with Crippen molar-refractivity contribution in [3.8, 4) is 0 Å². The fourth-order valence-electron chi connectivity index (χ4n) is 1.61. The maximum atomic E-state index is 13.1. The summed E-state index contributed by atoms with van der Waals surface area (Å²) in [5, 5.41) is 0.678. The summed E-state index contributed by atoms with van der Waals surface area (Å²) >= 11 is 12.6. The monoisotopic (exact) mass is 350 g/mol. The lowest BCUT2D eigenvalue weighted by Gasteiger charge is -2.13. The first kappa shape index (κ1) is 16.2. The highest BCUT2D eigenvalue weighted by Gasteiger charge is 2.34. The number of hydrogen-bond donors (Lipinski definition) is 0. The minimum atomic E-state index is -4.56. The van der Waals surface area contributed by atoms with E-state index in [1.54, 1.807) is 6.07 Å². The molecule has 0 saturated heterocycles. The van der Waals surface area contributed by atoms with Gasteiger partial charge in [0.1, 0.15) is 6.29 Å². The summed E-state index contributed by atoms with van der Waals surface area (Å²) in [7, 11) is 0. The van der Waals surface area contributed by atoms with Crippen molar-refractivity contribution < 1.29 is 18.0 Å². The standard InChI is InChI=1S/C14H7Cl2F3OS/c15-9-2-3-11(16)13(6-9)21-12-4-1-8(7-20)5-10(12)14(17,18)19/h1-7H. The van der Waals surface area contributed by atoms with E-state index in [-0.39, 0.29) is 10.5 Å². The average molecular weight is 351 g/mol. The van der Waals surface area contributed by atoms with E-state index in [0.717, 1.165) is 17.8 Å². The highest BCUT2D eigenvalue weighted by atomic mass is 35.5. The summed E-state index contributed by atoms with van der Waals surface area (Å²) in [6, 6.07) is 7.93. The summed E-state index contributed by atoms with van der Waals surface area (Å²) in [5.74, 6) is 0. The van der Waals surface area contributed by atoms with Gasteiger partial charge in [0.15, 0.2) is 0 Å². The minimum Gasteiger partial charge on any atom is -0.298 e. The Kier molecular flexibility index (Phi) is 4.86. The third kappa shape index (κ3) is 3.93. The molecule has 0 atom stereocenters. The molecule has 1 nitrogen and oxygen atoms in total. The second-order valence-corrected chi connectivity index (χ2v) is 5.98. The van der Waals surface area contributed by atoms with Gasteiger partial charge in [-0.1, -0.05) is 41.0 Å². The van der Waals surface area contributed by atoms with Gasteiger partial charge in [0.2, 0.25) is 0 Å². The van der Waals surface area contributed by atoms with E-state index in [1.165, 1.54) is 24.3 Å². The zero-order chi connectivity index (χ0) is 15.6. The van der Waals surface area contributed by atoms with Crippen LogP contribution in [-0.4, -0.2) is 6.29 Å². The topological polar surface area (TPSA) is 17.1 Å². The molecule has 2 aromatic carbocycles. The van der Waals surface area contributed by atoms with Gasteiger partial charge in [-0.25, -0.2) is 0 Å². The highest BCUT2D eigenvalue weighted by molar-refractivity contribution is 7.99. The Bertz CT molecular complexity index is 686. The van der Waals surface area contributed by atoms with Crippen LogP contribution in [0.3, 0.4) is 0 Å². The molecule has 0 amide bonds. The lowest BCUT2D eigenvalue weighted by molar-refractivity contribution is -0.139. The van der Waals surface area contributed by atoms with Crippen molar-refractivity contribution in [2.45, 2.75) is 16.0 Å². The zero-order valence-corrected chi connectivity index (χ0v) is 12.6. The predicted molar refractivity (Wildman–Crippen MR) is 77.4 cm³/mol. The van der Waals surface area contributed by atoms with Crippen LogP contribution in [0, 0.1) is 0 Å². The van der Waals surface area contributed by atoms with E-state index in [9.17, 15) is 18.0 Å². The second-order valence-electron chi connectivity index (χ2n) is 4.05. The molecule has 2 rings (SSSR count). The molecule has 0 radical (unpaired) electrons. The molecule has 0 aromatic heterocycles. The number of carbonyl (C=O) groups is 1. The Morgan fingerprint density at radius 2 is 1.71 bits per heavy atom. The van der Waals surface area contributed by atoms with Crippen molar-refractivity contribution in [1.29, 1.82) is 0 Å². The van der Waals surface area contributed by atoms with Gasteiger partial charge in [-0.15, -0.1) is 0 Å². The first-order chi connectivity index (χ1) is 9.81. The van der Waals surface area contributed by atoms with E-state index >= 15 is 0 Å². The highest BCUT2D eigenvalue weighted by Crippen LogP contribution is 2.42. The molecule has 0 aliphatic rings. The Balaban J connectivity index is 2.48. The van der Waals surface area contributed by atoms with Gasteiger partial charge < -0.3 is 0 Å². The number of hydrogen-bond acceptors (Lipinski definition) is 2. The number of carbonyl (C=O) groups excluding carboxylic acids is 1. The minimum absolute atomic E-state index is 0.0381. The normalized spacial score (nSPS) is 11.5. The van der Waals surface area contributed by atoms with Crippen LogP contribution in [0.2, 0.25) is 10.0 Å². The first-order valence-corrected chi connectivity index (χ1v) is 7.18. The third-order valence-electron chi connectivity index (χ3n) is 2.56. The fraction of sp³-hybridized carbons (Fsp3) is 0.0714. The molecule has 0 aliphatic carbocycles. The molecule has 110 valence electrons. The van der Waals surface area contributed by atoms with Gasteiger partial charge in [0.05, 0.1) is 10.6 Å². The van der Waals surface area contributed by atoms with Crippen LogP contribution < -0.4 is 0 Å². The van der Waals surface area contributed by atoms with E-state index in [4.69, 9.17) is 23.2 Å². The van der Waals surface area contributed by atoms with Gasteiger partial charge in [0.25, 0.3) is 0 Å². The molecule has 0 spiro atoms. The van der Waals surface area contributed by atoms with Crippen LogP contribution in [0.1, 0.15) is 15.9 Å². The molecule has 0 unspecified atom stereocenters. The van der Waals surface area contributed by atoms with Crippen LogP contribution in [0.15, 0.2) is 46.2 Å². The van der Waals surface area contributed by atoms with Crippen LogP contribution in [0.25, 0.3) is 0 Å². The Morgan fingerprint density at radius 3 is 2.33 bits per heavy atom. The van der Waals surface area contributed by atoms with Gasteiger partial charge in [0, 0.05) is 20.4 Å². The van der Waals surface area contributed by atoms with Crippen LogP contribution in [-0.2, 0) is 6.18 Å². The maximum Gasteiger partial charge on any atom is 0.417 e. The van der Waals surface area contributed by atoms with Gasteiger partial charge >= 0.3 is 6.18 Å². The Hall–Kier alpha value is -1.17. The molecule has 2 aromatic rings. The quantitative estimate of drug-likeness (QED) is 0.633. The number of alkyl halides is 3. The van der Waals surface area contributed by atoms with E-state index in [0.29, 0.717) is 21.2 Å². The molecular weight excluding hydrogens is 344 g/mol. The van der Waals surface area contributed by atoms with Crippen molar-refractivity contribution in [1.82, 2.24) is 0 Å². The van der Waals surface area contributed by atoms with Crippen LogP contribution in [0.4, 0.5) is 13.2 Å².